The van der Waals surface area contributed by atoms with Crippen LogP contribution < -0.4 is 10.2 Å². The Balaban J connectivity index is 1.41. The third-order valence-electron chi connectivity index (χ3n) is 5.16. The number of hydrogen-bond acceptors (Lipinski definition) is 4. The van der Waals surface area contributed by atoms with E-state index in [0.717, 1.165) is 37.5 Å². The number of aryl methyl sites for hydroxylation is 1. The molecule has 1 aromatic carbocycles. The normalized spacial score (nSPS) is 15.3. The van der Waals surface area contributed by atoms with E-state index in [4.69, 9.17) is 0 Å². The van der Waals surface area contributed by atoms with E-state index in [-0.39, 0.29) is 5.91 Å². The van der Waals surface area contributed by atoms with Crippen molar-refractivity contribution < 1.29 is 4.79 Å². The second kappa shape index (κ2) is 9.90. The van der Waals surface area contributed by atoms with Crippen molar-refractivity contribution in [3.05, 3.63) is 46.7 Å². The van der Waals surface area contributed by atoms with Crippen LogP contribution in [-0.4, -0.2) is 44.5 Å². The highest BCUT2D eigenvalue weighted by atomic mass is 32.1. The van der Waals surface area contributed by atoms with Gasteiger partial charge in [0.2, 0.25) is 5.91 Å². The molecule has 2 aromatic rings. The number of rotatable bonds is 8. The van der Waals surface area contributed by atoms with E-state index in [0.29, 0.717) is 6.42 Å². The van der Waals surface area contributed by atoms with Crippen LogP contribution in [0.15, 0.2) is 41.8 Å². The number of thiophene rings is 1. The van der Waals surface area contributed by atoms with E-state index in [1.54, 1.807) is 11.3 Å². The topological polar surface area (TPSA) is 35.6 Å². The molecule has 0 bridgehead atoms. The van der Waals surface area contributed by atoms with E-state index in [2.05, 4.69) is 58.9 Å². The van der Waals surface area contributed by atoms with Gasteiger partial charge in [-0.15, -0.1) is 11.3 Å². The Bertz CT molecular complexity index is 689. The van der Waals surface area contributed by atoms with Gasteiger partial charge >= 0.3 is 0 Å². The molecule has 0 spiro atoms. The largest absolute Gasteiger partial charge is 0.372 e. The van der Waals surface area contributed by atoms with E-state index in [1.165, 1.54) is 30.0 Å². The van der Waals surface area contributed by atoms with Crippen LogP contribution in [0, 0.1) is 5.92 Å². The van der Waals surface area contributed by atoms with Crippen LogP contribution in [0.2, 0.25) is 0 Å². The van der Waals surface area contributed by atoms with Crippen LogP contribution in [0.25, 0.3) is 0 Å². The molecule has 1 fully saturated rings. The van der Waals surface area contributed by atoms with Gasteiger partial charge in [0.15, 0.2) is 0 Å². The third-order valence-corrected chi connectivity index (χ3v) is 6.10. The first-order valence-corrected chi connectivity index (χ1v) is 10.8. The lowest BCUT2D eigenvalue weighted by Crippen LogP contribution is -2.37. The van der Waals surface area contributed by atoms with Crippen LogP contribution in [0.3, 0.4) is 0 Å². The fourth-order valence-corrected chi connectivity index (χ4v) is 4.50. The highest BCUT2D eigenvalue weighted by Gasteiger charge is 2.19. The maximum atomic E-state index is 12.1. The predicted octanol–water partition coefficient (Wildman–Crippen LogP) is 4.49. The van der Waals surface area contributed by atoms with Crippen molar-refractivity contribution in [3.8, 4) is 0 Å². The second-order valence-corrected chi connectivity index (χ2v) is 8.75. The van der Waals surface area contributed by atoms with Crippen molar-refractivity contribution >= 4 is 28.6 Å². The number of hydrogen-bond donors (Lipinski definition) is 1. The number of carbonyl (C=O) groups excluding carboxylic acids is 1. The summed E-state index contributed by atoms with van der Waals surface area (Å²) < 4.78 is 0. The number of carbonyl (C=O) groups is 1. The lowest BCUT2D eigenvalue weighted by Gasteiger charge is -2.34. The van der Waals surface area contributed by atoms with Gasteiger partial charge in [0.1, 0.15) is 0 Å². The fraction of sp³-hybridized carbons (Fsp3) is 0.500. The molecule has 1 saturated heterocycles. The summed E-state index contributed by atoms with van der Waals surface area (Å²) in [6, 6.07) is 12.5. The zero-order valence-electron chi connectivity index (χ0n) is 16.5. The van der Waals surface area contributed by atoms with Crippen molar-refractivity contribution in [1.82, 2.24) is 4.90 Å². The molecule has 1 amide bonds. The Morgan fingerprint density at radius 1 is 1.19 bits per heavy atom. The number of anilines is 2. The van der Waals surface area contributed by atoms with E-state index < -0.39 is 0 Å². The standard InChI is InChI=1S/C22H31N3OS/c1-24(2)17-18-12-14-25(15-13-18)20-10-8-19(9-11-20)23-22(26)7-3-5-21-6-4-16-27-21/h4,6,8-11,16,18H,3,5,7,12-15,17H2,1-2H3,(H,23,26). The summed E-state index contributed by atoms with van der Waals surface area (Å²) in [5.41, 5.74) is 2.15. The van der Waals surface area contributed by atoms with Crippen molar-refractivity contribution in [2.45, 2.75) is 32.1 Å². The molecule has 0 atom stereocenters. The average Bonchev–Trinajstić information content (AvgIpc) is 3.16. The molecule has 5 heteroatoms. The van der Waals surface area contributed by atoms with Gasteiger partial charge < -0.3 is 15.1 Å². The third kappa shape index (κ3) is 6.36. The minimum atomic E-state index is 0.101. The Kier molecular flexibility index (Phi) is 7.30. The molecular formula is C22H31N3OS. The molecule has 146 valence electrons. The van der Waals surface area contributed by atoms with E-state index in [1.807, 2.05) is 12.1 Å². The van der Waals surface area contributed by atoms with Gasteiger partial charge in [-0.1, -0.05) is 6.07 Å². The van der Waals surface area contributed by atoms with Crippen molar-refractivity contribution in [1.29, 1.82) is 0 Å². The first-order valence-electron chi connectivity index (χ1n) is 9.92. The number of piperidine rings is 1. The summed E-state index contributed by atoms with van der Waals surface area (Å²) in [5, 5.41) is 5.11. The quantitative estimate of drug-likeness (QED) is 0.727. The van der Waals surface area contributed by atoms with Gasteiger partial charge in [-0.25, -0.2) is 0 Å². The molecule has 1 aromatic heterocycles. The molecule has 1 N–H and O–H groups in total. The maximum Gasteiger partial charge on any atom is 0.224 e. The minimum absolute atomic E-state index is 0.101. The van der Waals surface area contributed by atoms with Crippen molar-refractivity contribution in [2.24, 2.45) is 5.92 Å². The fourth-order valence-electron chi connectivity index (χ4n) is 3.75. The summed E-state index contributed by atoms with van der Waals surface area (Å²) in [6.07, 6.45) is 4.95. The number of nitrogens with zero attached hydrogens (tertiary/aromatic N) is 2. The van der Waals surface area contributed by atoms with Crippen LogP contribution in [0.5, 0.6) is 0 Å². The Morgan fingerprint density at radius 2 is 1.93 bits per heavy atom. The van der Waals surface area contributed by atoms with Crippen LogP contribution in [0.1, 0.15) is 30.6 Å². The number of nitrogens with one attached hydrogen (secondary N) is 1. The molecule has 4 nitrogen and oxygen atoms in total. The van der Waals surface area contributed by atoms with E-state index in [9.17, 15) is 4.79 Å². The molecule has 3 rings (SSSR count). The molecular weight excluding hydrogens is 354 g/mol. The SMILES string of the molecule is CN(C)CC1CCN(c2ccc(NC(=O)CCCc3cccs3)cc2)CC1. The zero-order chi connectivity index (χ0) is 19.1. The number of amides is 1. The maximum absolute atomic E-state index is 12.1. The monoisotopic (exact) mass is 385 g/mol. The van der Waals surface area contributed by atoms with Gasteiger partial charge in [-0.3, -0.25) is 4.79 Å². The van der Waals surface area contributed by atoms with Crippen molar-refractivity contribution in [2.75, 3.05) is 43.9 Å². The first-order chi connectivity index (χ1) is 13.1. The summed E-state index contributed by atoms with van der Waals surface area (Å²) in [4.78, 5) is 18.2. The lowest BCUT2D eigenvalue weighted by molar-refractivity contribution is -0.116. The van der Waals surface area contributed by atoms with Gasteiger partial charge in [-0.2, -0.15) is 0 Å². The summed E-state index contributed by atoms with van der Waals surface area (Å²) >= 11 is 1.76. The van der Waals surface area contributed by atoms with Gasteiger partial charge in [0.05, 0.1) is 0 Å². The van der Waals surface area contributed by atoms with Crippen LogP contribution >= 0.6 is 11.3 Å². The highest BCUT2D eigenvalue weighted by molar-refractivity contribution is 7.09. The van der Waals surface area contributed by atoms with Gasteiger partial charge in [-0.05, 0) is 81.4 Å². The lowest BCUT2D eigenvalue weighted by atomic mass is 9.96. The molecule has 0 saturated carbocycles. The smallest absolute Gasteiger partial charge is 0.224 e. The summed E-state index contributed by atoms with van der Waals surface area (Å²) in [5.74, 6) is 0.910. The molecule has 0 unspecified atom stereocenters. The molecule has 0 aliphatic carbocycles. The molecule has 27 heavy (non-hydrogen) atoms. The van der Waals surface area contributed by atoms with Gasteiger partial charge in [0, 0.05) is 42.3 Å². The molecule has 2 heterocycles. The predicted molar refractivity (Wildman–Crippen MR) is 116 cm³/mol. The molecule has 1 aliphatic rings. The van der Waals surface area contributed by atoms with Crippen LogP contribution in [0.4, 0.5) is 11.4 Å². The highest BCUT2D eigenvalue weighted by Crippen LogP contribution is 2.25. The van der Waals surface area contributed by atoms with Crippen molar-refractivity contribution in [3.63, 3.8) is 0 Å². The first kappa shape index (κ1) is 19.9. The summed E-state index contributed by atoms with van der Waals surface area (Å²) in [6.45, 7) is 3.42. The second-order valence-electron chi connectivity index (χ2n) is 7.72. The minimum Gasteiger partial charge on any atom is -0.372 e. The van der Waals surface area contributed by atoms with Crippen LogP contribution in [-0.2, 0) is 11.2 Å². The Hall–Kier alpha value is -1.85. The molecule has 1 aliphatic heterocycles. The summed E-state index contributed by atoms with van der Waals surface area (Å²) in [7, 11) is 4.31. The average molecular weight is 386 g/mol. The zero-order valence-corrected chi connectivity index (χ0v) is 17.3. The Labute approximate surface area is 167 Å². The van der Waals surface area contributed by atoms with Gasteiger partial charge in [0.25, 0.3) is 0 Å². The number of benzene rings is 1. The Morgan fingerprint density at radius 3 is 2.56 bits per heavy atom. The molecule has 0 radical (unpaired) electrons. The van der Waals surface area contributed by atoms with E-state index >= 15 is 0 Å².